The third-order valence-electron chi connectivity index (χ3n) is 14.4. The van der Waals surface area contributed by atoms with Gasteiger partial charge in [0.1, 0.15) is 60.1 Å². The van der Waals surface area contributed by atoms with Crippen LogP contribution in [0.1, 0.15) is 88.2 Å². The van der Waals surface area contributed by atoms with Crippen molar-refractivity contribution in [1.82, 2.24) is 78.4 Å². The number of carbonyl (C=O) groups is 13. The number of carbonyl (C=O) groups excluding carboxylic acids is 13. The number of aromatic hydroxyl groups is 2. The summed E-state index contributed by atoms with van der Waals surface area (Å²) in [6, 6.07) is -0.163. The van der Waals surface area contributed by atoms with Gasteiger partial charge in [0.15, 0.2) is 0 Å². The second-order valence-electron chi connectivity index (χ2n) is 22.5. The Morgan fingerprint density at radius 2 is 0.926 bits per heavy atom. The van der Waals surface area contributed by atoms with E-state index in [0.717, 1.165) is 0 Å². The van der Waals surface area contributed by atoms with E-state index in [9.17, 15) is 72.5 Å². The zero-order chi connectivity index (χ0) is 69.3. The molecule has 94 heavy (non-hydrogen) atoms. The third kappa shape index (κ3) is 27.6. The highest BCUT2D eigenvalue weighted by atomic mass is 16.3. The lowest BCUT2D eigenvalue weighted by atomic mass is 10.0. The van der Waals surface area contributed by atoms with Gasteiger partial charge < -0.3 is 106 Å². The number of aromatic nitrogens is 4. The van der Waals surface area contributed by atoms with Crippen molar-refractivity contribution in [3.05, 3.63) is 96.1 Å². The van der Waals surface area contributed by atoms with Gasteiger partial charge in [-0.05, 0) is 93.4 Å². The highest BCUT2D eigenvalue weighted by Crippen LogP contribution is 2.15. The summed E-state index contributed by atoms with van der Waals surface area (Å²) in [6.07, 6.45) is 7.49. The van der Waals surface area contributed by atoms with Crippen LogP contribution in [0.5, 0.6) is 11.5 Å². The van der Waals surface area contributed by atoms with Gasteiger partial charge in [0.05, 0.1) is 50.8 Å². The lowest BCUT2D eigenvalue weighted by molar-refractivity contribution is -0.135. The summed E-state index contributed by atoms with van der Waals surface area (Å²) < 4.78 is 0. The molecule has 0 fully saturated rings. The average Bonchev–Trinajstić information content (AvgIpc) is 1.09. The van der Waals surface area contributed by atoms with Crippen molar-refractivity contribution in [2.75, 3.05) is 32.7 Å². The van der Waals surface area contributed by atoms with E-state index in [4.69, 9.17) is 22.9 Å². The van der Waals surface area contributed by atoms with Crippen molar-refractivity contribution < 1.29 is 72.5 Å². The van der Waals surface area contributed by atoms with Crippen molar-refractivity contribution in [3.8, 4) is 11.5 Å². The fraction of sp³-hybridized carbons (Fsp3) is 0.483. The Morgan fingerprint density at radius 1 is 0.489 bits per heavy atom. The largest absolute Gasteiger partial charge is 0.508 e. The summed E-state index contributed by atoms with van der Waals surface area (Å²) in [5.74, 6) is -11.4. The monoisotopic (exact) mass is 1310 g/mol. The molecule has 12 amide bonds. The minimum atomic E-state index is -1.72. The molecule has 4 rings (SSSR count). The molecule has 34 heteroatoms. The summed E-state index contributed by atoms with van der Waals surface area (Å²) in [6.45, 7) is 2.83. The smallest absolute Gasteiger partial charge is 0.243 e. The topological polar surface area (TPSA) is 556 Å². The summed E-state index contributed by atoms with van der Waals surface area (Å²) in [7, 11) is 0. The van der Waals surface area contributed by atoms with Crippen LogP contribution in [0.25, 0.3) is 0 Å². The number of primary amides is 1. The van der Waals surface area contributed by atoms with Crippen LogP contribution >= 0.6 is 0 Å². The van der Waals surface area contributed by atoms with Gasteiger partial charge in [0.2, 0.25) is 70.9 Å². The molecule has 0 radical (unpaired) electrons. The molecule has 0 bridgehead atoms. The van der Waals surface area contributed by atoms with E-state index in [0.29, 0.717) is 67.6 Å². The van der Waals surface area contributed by atoms with E-state index in [-0.39, 0.29) is 50.0 Å². The average molecular weight is 1310 g/mol. The SMILES string of the molecule is CC(C)[C@H](NC(=O)CNC(=O)[C@@H](CC(N)=O)NC(=O)CNC(=O)[C@@H](Cc1ccc(O)cc1)NC(=O)[C@H](Cc1ccc(O)cc1)NC(=O)[C@H](N)CCCCN)C(=O)N[C@H](Cc1cnc[nH]1)C(=O)N[C@@H](C)C(=O)NCC(=O)N[C@H](CCCCN)C(=O)N[C@H](C=O)Cc1cnc[nH]1. The third-order valence-corrected chi connectivity index (χ3v) is 14.4. The molecule has 0 aliphatic rings. The van der Waals surface area contributed by atoms with E-state index in [1.807, 2.05) is 0 Å². The summed E-state index contributed by atoms with van der Waals surface area (Å²) in [5, 5.41) is 47.0. The minimum Gasteiger partial charge on any atom is -0.508 e. The maximum Gasteiger partial charge on any atom is 0.243 e. The summed E-state index contributed by atoms with van der Waals surface area (Å²) in [5.41, 5.74) is 24.7. The second kappa shape index (κ2) is 39.8. The molecule has 512 valence electrons. The van der Waals surface area contributed by atoms with Gasteiger partial charge in [0.25, 0.3) is 0 Å². The number of amides is 12. The minimum absolute atomic E-state index is 0.0555. The van der Waals surface area contributed by atoms with Crippen molar-refractivity contribution >= 4 is 77.2 Å². The van der Waals surface area contributed by atoms with Crippen LogP contribution in [-0.2, 0) is 88.0 Å². The van der Waals surface area contributed by atoms with E-state index < -0.39 is 157 Å². The van der Waals surface area contributed by atoms with Crippen molar-refractivity contribution in [3.63, 3.8) is 0 Å². The van der Waals surface area contributed by atoms with E-state index in [1.165, 1.54) is 80.5 Å². The van der Waals surface area contributed by atoms with Crippen LogP contribution in [0.4, 0.5) is 0 Å². The van der Waals surface area contributed by atoms with Crippen LogP contribution in [0.2, 0.25) is 0 Å². The van der Waals surface area contributed by atoms with Crippen LogP contribution < -0.4 is 81.4 Å². The van der Waals surface area contributed by atoms with E-state index in [2.05, 4.69) is 78.4 Å². The number of phenols is 2. The number of H-pyrrole nitrogens is 2. The number of nitrogens with two attached hydrogens (primary N) is 4. The Bertz CT molecular complexity index is 3150. The number of unbranched alkanes of at least 4 members (excludes halogenated alkanes) is 2. The van der Waals surface area contributed by atoms with Gasteiger partial charge in [-0.1, -0.05) is 44.5 Å². The predicted octanol–water partition coefficient (Wildman–Crippen LogP) is -5.62. The van der Waals surface area contributed by atoms with Crippen LogP contribution in [0, 0.1) is 5.92 Å². The molecule has 4 aromatic rings. The molecule has 0 unspecified atom stereocenters. The molecule has 0 saturated carbocycles. The molecule has 34 nitrogen and oxygen atoms in total. The number of aldehydes is 1. The molecule has 0 aliphatic heterocycles. The van der Waals surface area contributed by atoms with Gasteiger partial charge in [0, 0.05) is 49.5 Å². The van der Waals surface area contributed by atoms with Crippen molar-refractivity contribution in [2.45, 2.75) is 146 Å². The fourth-order valence-corrected chi connectivity index (χ4v) is 9.18. The highest BCUT2D eigenvalue weighted by Gasteiger charge is 2.34. The van der Waals surface area contributed by atoms with Gasteiger partial charge in [-0.2, -0.15) is 0 Å². The second-order valence-corrected chi connectivity index (χ2v) is 22.5. The maximum absolute atomic E-state index is 14.1. The van der Waals surface area contributed by atoms with Gasteiger partial charge in [-0.15, -0.1) is 0 Å². The Hall–Kier alpha value is -10.3. The number of hydrogen-bond donors (Lipinski definition) is 19. The van der Waals surface area contributed by atoms with Gasteiger partial charge in [-0.25, -0.2) is 9.97 Å². The molecular weight excluding hydrogens is 1230 g/mol. The van der Waals surface area contributed by atoms with Crippen LogP contribution in [-0.4, -0.2) is 194 Å². The number of nitrogens with one attached hydrogen (secondary N) is 13. The molecule has 0 aliphatic carbocycles. The number of imidazole rings is 2. The number of aromatic amines is 2. The Balaban J connectivity index is 1.37. The Labute approximate surface area is 541 Å². The van der Waals surface area contributed by atoms with Crippen molar-refractivity contribution in [1.29, 1.82) is 0 Å². The Morgan fingerprint density at radius 3 is 1.43 bits per heavy atom. The first-order valence-electron chi connectivity index (χ1n) is 30.4. The first kappa shape index (κ1) is 76.1. The van der Waals surface area contributed by atoms with E-state index in [1.54, 1.807) is 13.8 Å². The zero-order valence-electron chi connectivity index (χ0n) is 52.5. The Kier molecular flexibility index (Phi) is 32.2. The first-order chi connectivity index (χ1) is 44.8. The number of benzene rings is 2. The fourth-order valence-electron chi connectivity index (χ4n) is 9.18. The molecule has 2 heterocycles. The predicted molar refractivity (Wildman–Crippen MR) is 337 cm³/mol. The van der Waals surface area contributed by atoms with Crippen LogP contribution in [0.3, 0.4) is 0 Å². The molecule has 2 aromatic heterocycles. The quantitative estimate of drug-likeness (QED) is 0.0145. The molecule has 9 atom stereocenters. The molecule has 0 saturated heterocycles. The lowest BCUT2D eigenvalue weighted by Gasteiger charge is -2.26. The molecular formula is C60H87N19O15. The number of phenolic OH excluding ortho intramolecular Hbond substituents is 2. The van der Waals surface area contributed by atoms with Crippen molar-refractivity contribution in [2.24, 2.45) is 28.9 Å². The van der Waals surface area contributed by atoms with Crippen LogP contribution in [0.15, 0.2) is 73.6 Å². The standard InChI is InChI=1S/C60H87N19O15/c1-33(2)52(60(94)78-46(23-38-26-66-32-71-38)58(92)72-34(3)53(87)67-27-49(84)74-43(9-5-7-19-62)57(91)73-39(30-80)22-37-25-65-31-70-37)79-51(86)29-69-56(90)47(24-48(64)83)75-50(85)28-68-55(89)44(20-35-10-14-40(81)15-11-35)77-59(93)45(21-36-12-16-41(82)17-13-36)76-54(88)42(63)8-4-6-18-61/h10-17,25-26,30-34,39,42-47,52,81-82H,4-9,18-24,27-29,61-63H2,1-3H3,(H2,64,83)(H,65,70)(H,66,71)(H,67,87)(H,68,89)(H,69,90)(H,72,92)(H,73,91)(H,74,84)(H,75,85)(H,76,88)(H,77,93)(H,78,94)(H,79,86)/t34-,39-,42+,43+,44+,45-,46+,47+,52-/m0/s1. The lowest BCUT2D eigenvalue weighted by Crippen LogP contribution is -2.59. The summed E-state index contributed by atoms with van der Waals surface area (Å²) in [4.78, 5) is 186. The van der Waals surface area contributed by atoms with Gasteiger partial charge in [-0.3, -0.25) is 57.5 Å². The van der Waals surface area contributed by atoms with E-state index >= 15 is 0 Å². The summed E-state index contributed by atoms with van der Waals surface area (Å²) >= 11 is 0. The number of nitrogens with zero attached hydrogens (tertiary/aromatic N) is 2. The van der Waals surface area contributed by atoms with Gasteiger partial charge >= 0.3 is 0 Å². The molecule has 0 spiro atoms. The molecule has 23 N–H and O–H groups in total. The highest BCUT2D eigenvalue weighted by molar-refractivity contribution is 5.98. The number of hydrogen-bond acceptors (Lipinski definition) is 20. The maximum atomic E-state index is 14.1. The molecule has 2 aromatic carbocycles. The zero-order valence-corrected chi connectivity index (χ0v) is 52.5. The first-order valence-corrected chi connectivity index (χ1v) is 30.4. The number of rotatable bonds is 42. The normalized spacial score (nSPS) is 13.9.